The van der Waals surface area contributed by atoms with Crippen molar-refractivity contribution in [3.8, 4) is 0 Å². The van der Waals surface area contributed by atoms with Crippen LogP contribution in [-0.2, 0) is 9.24 Å². The number of halogens is 1. The lowest BCUT2D eigenvalue weighted by Gasteiger charge is -2.37. The summed E-state index contributed by atoms with van der Waals surface area (Å²) in [5.41, 5.74) is 0. The van der Waals surface area contributed by atoms with Crippen LogP contribution in [0.4, 0.5) is 0 Å². The summed E-state index contributed by atoms with van der Waals surface area (Å²) in [6, 6.07) is 0.439. The number of hydrogen-bond donors (Lipinski definition) is 1. The Labute approximate surface area is 83.8 Å². The normalized spacial score (nSPS) is 31.9. The van der Waals surface area contributed by atoms with Gasteiger partial charge in [-0.1, -0.05) is 6.42 Å². The fraction of sp³-hybridized carbons (Fsp3) is 1.00. The maximum Gasteiger partial charge on any atom is 0.310 e. The fourth-order valence-corrected chi connectivity index (χ4v) is 2.58. The third kappa shape index (κ3) is 3.42. The fourth-order valence-electron chi connectivity index (χ4n) is 1.73. The molecule has 0 saturated carbocycles. The lowest BCUT2D eigenvalue weighted by molar-refractivity contribution is 0.0800. The third-order valence-electron chi connectivity index (χ3n) is 2.41. The van der Waals surface area contributed by atoms with Gasteiger partial charge >= 0.3 is 9.24 Å². The molecule has 0 aromatic carbocycles. The van der Waals surface area contributed by atoms with Crippen molar-refractivity contribution in [3.63, 3.8) is 0 Å². The lowest BCUT2D eigenvalue weighted by atomic mass is 10.0. The first kappa shape index (κ1) is 11.2. The molecule has 0 radical (unpaired) electrons. The quantitative estimate of drug-likeness (QED) is 0.721. The number of piperidine rings is 1. The second-order valence-corrected chi connectivity index (χ2v) is 5.84. The lowest BCUT2D eigenvalue weighted by Crippen LogP contribution is -2.52. The van der Waals surface area contributed by atoms with E-state index >= 15 is 0 Å². The van der Waals surface area contributed by atoms with Crippen molar-refractivity contribution in [2.45, 2.75) is 45.2 Å². The molecule has 78 valence electrons. The molecule has 1 heterocycles. The van der Waals surface area contributed by atoms with Crippen LogP contribution < -0.4 is 4.83 Å². The van der Waals surface area contributed by atoms with Gasteiger partial charge in [0.1, 0.15) is 0 Å². The van der Waals surface area contributed by atoms with Crippen molar-refractivity contribution in [1.29, 1.82) is 0 Å². The van der Waals surface area contributed by atoms with Crippen molar-refractivity contribution < 1.29 is 8.42 Å². The van der Waals surface area contributed by atoms with Crippen LogP contribution in [0.1, 0.15) is 33.1 Å². The van der Waals surface area contributed by atoms with Gasteiger partial charge in [0.05, 0.1) is 0 Å². The van der Waals surface area contributed by atoms with Gasteiger partial charge in [0.2, 0.25) is 0 Å². The van der Waals surface area contributed by atoms with E-state index in [1.807, 2.05) is 13.8 Å². The summed E-state index contributed by atoms with van der Waals surface area (Å²) >= 11 is 0. The van der Waals surface area contributed by atoms with E-state index in [1.165, 1.54) is 0 Å². The molecule has 1 N–H and O–H groups in total. The molecule has 1 rings (SSSR count). The van der Waals surface area contributed by atoms with Gasteiger partial charge in [0.25, 0.3) is 0 Å². The molecule has 0 aromatic rings. The highest BCUT2D eigenvalue weighted by Crippen LogP contribution is 2.20. The van der Waals surface area contributed by atoms with Gasteiger partial charge in [-0.2, -0.15) is 8.42 Å². The van der Waals surface area contributed by atoms with Crippen LogP contribution in [0.25, 0.3) is 0 Å². The SMILES string of the molecule is CC1CCCC(C)N1NS(=O)(=O)Cl. The van der Waals surface area contributed by atoms with Gasteiger partial charge in [0.15, 0.2) is 0 Å². The van der Waals surface area contributed by atoms with Gasteiger partial charge in [-0.3, -0.25) is 0 Å². The van der Waals surface area contributed by atoms with Crippen LogP contribution in [-0.4, -0.2) is 25.5 Å². The van der Waals surface area contributed by atoms with Crippen LogP contribution in [0.15, 0.2) is 0 Å². The van der Waals surface area contributed by atoms with E-state index in [1.54, 1.807) is 5.01 Å². The second kappa shape index (κ2) is 4.13. The maximum atomic E-state index is 10.8. The Balaban J connectivity index is 2.64. The minimum Gasteiger partial charge on any atom is -0.224 e. The van der Waals surface area contributed by atoms with Gasteiger partial charge in [-0.15, -0.1) is 4.83 Å². The maximum absolute atomic E-state index is 10.8. The van der Waals surface area contributed by atoms with Crippen LogP contribution >= 0.6 is 10.7 Å². The molecule has 0 aromatic heterocycles. The summed E-state index contributed by atoms with van der Waals surface area (Å²) in [7, 11) is 1.48. The first-order valence-corrected chi connectivity index (χ1v) is 6.71. The van der Waals surface area contributed by atoms with Gasteiger partial charge in [0, 0.05) is 22.8 Å². The van der Waals surface area contributed by atoms with Crippen LogP contribution in [0.5, 0.6) is 0 Å². The van der Waals surface area contributed by atoms with E-state index < -0.39 is 9.24 Å². The molecule has 13 heavy (non-hydrogen) atoms. The van der Waals surface area contributed by atoms with E-state index in [0.29, 0.717) is 0 Å². The average Bonchev–Trinajstić information content (AvgIpc) is 1.95. The molecule has 1 fully saturated rings. The van der Waals surface area contributed by atoms with E-state index in [4.69, 9.17) is 10.7 Å². The molecule has 0 amide bonds. The summed E-state index contributed by atoms with van der Waals surface area (Å²) in [4.78, 5) is 2.33. The highest BCUT2D eigenvalue weighted by molar-refractivity contribution is 8.12. The Morgan fingerprint density at radius 3 is 2.15 bits per heavy atom. The molecular formula is C7H15ClN2O2S. The summed E-state index contributed by atoms with van der Waals surface area (Å²) < 4.78 is 21.6. The van der Waals surface area contributed by atoms with E-state index in [9.17, 15) is 8.42 Å². The molecule has 1 saturated heterocycles. The number of nitrogens with zero attached hydrogens (tertiary/aromatic N) is 1. The molecule has 2 unspecified atom stereocenters. The minimum absolute atomic E-state index is 0.220. The number of nitrogens with one attached hydrogen (secondary N) is 1. The first-order valence-electron chi connectivity index (χ1n) is 4.40. The summed E-state index contributed by atoms with van der Waals surface area (Å²) in [5, 5.41) is 1.71. The molecule has 4 nitrogen and oxygen atoms in total. The monoisotopic (exact) mass is 226 g/mol. The van der Waals surface area contributed by atoms with E-state index in [2.05, 4.69) is 4.83 Å². The zero-order chi connectivity index (χ0) is 10.1. The predicted octanol–water partition coefficient (Wildman–Crippen LogP) is 1.24. The smallest absolute Gasteiger partial charge is 0.224 e. The zero-order valence-corrected chi connectivity index (χ0v) is 9.40. The first-order chi connectivity index (χ1) is 5.90. The number of hydrazine groups is 1. The highest BCUT2D eigenvalue weighted by atomic mass is 35.7. The van der Waals surface area contributed by atoms with Crippen LogP contribution in [0.3, 0.4) is 0 Å². The Kier molecular flexibility index (Phi) is 3.57. The largest absolute Gasteiger partial charge is 0.310 e. The Morgan fingerprint density at radius 1 is 1.31 bits per heavy atom. The molecule has 1 aliphatic rings. The molecule has 6 heteroatoms. The highest BCUT2D eigenvalue weighted by Gasteiger charge is 2.27. The second-order valence-electron chi connectivity index (χ2n) is 3.57. The van der Waals surface area contributed by atoms with E-state index in [-0.39, 0.29) is 12.1 Å². The van der Waals surface area contributed by atoms with Gasteiger partial charge in [-0.05, 0) is 26.7 Å². The Bertz CT molecular complexity index is 258. The minimum atomic E-state index is -3.64. The number of hydrogen-bond acceptors (Lipinski definition) is 3. The molecule has 0 spiro atoms. The summed E-state index contributed by atoms with van der Waals surface area (Å²) in [5.74, 6) is 0. The molecule has 2 atom stereocenters. The van der Waals surface area contributed by atoms with Crippen molar-refractivity contribution in [1.82, 2.24) is 9.84 Å². The molecule has 0 aliphatic carbocycles. The average molecular weight is 227 g/mol. The standard InChI is InChI=1S/C7H15ClN2O2S/c1-6-4-3-5-7(2)10(6)9-13(8,11)12/h6-7,9H,3-5H2,1-2H3. The van der Waals surface area contributed by atoms with Crippen molar-refractivity contribution in [3.05, 3.63) is 0 Å². The molecule has 0 bridgehead atoms. The zero-order valence-electron chi connectivity index (χ0n) is 7.83. The van der Waals surface area contributed by atoms with Crippen molar-refractivity contribution in [2.24, 2.45) is 0 Å². The van der Waals surface area contributed by atoms with Gasteiger partial charge in [-0.25, -0.2) is 5.01 Å². The Morgan fingerprint density at radius 2 is 1.77 bits per heavy atom. The van der Waals surface area contributed by atoms with Crippen LogP contribution in [0.2, 0.25) is 0 Å². The molecular weight excluding hydrogens is 212 g/mol. The molecule has 1 aliphatic heterocycles. The topological polar surface area (TPSA) is 49.4 Å². The predicted molar refractivity (Wildman–Crippen MR) is 52.5 cm³/mol. The summed E-state index contributed by atoms with van der Waals surface area (Å²) in [6.45, 7) is 3.98. The van der Waals surface area contributed by atoms with Crippen molar-refractivity contribution in [2.75, 3.05) is 0 Å². The van der Waals surface area contributed by atoms with E-state index in [0.717, 1.165) is 19.3 Å². The van der Waals surface area contributed by atoms with Crippen LogP contribution in [0, 0.1) is 0 Å². The van der Waals surface area contributed by atoms with Gasteiger partial charge < -0.3 is 0 Å². The van der Waals surface area contributed by atoms with Crippen molar-refractivity contribution >= 4 is 19.9 Å². The third-order valence-corrected chi connectivity index (χ3v) is 3.04. The number of rotatable bonds is 2. The Hall–Kier alpha value is 0.160. The summed E-state index contributed by atoms with van der Waals surface area (Å²) in [6.07, 6.45) is 3.15.